The van der Waals surface area contributed by atoms with Gasteiger partial charge in [-0.2, -0.15) is 0 Å². The fourth-order valence-corrected chi connectivity index (χ4v) is 4.87. The zero-order valence-electron chi connectivity index (χ0n) is 22.6. The molecule has 2 aliphatic rings. The molecule has 36 heavy (non-hydrogen) atoms. The Bertz CT molecular complexity index is 937. The van der Waals surface area contributed by atoms with Gasteiger partial charge in [-0.05, 0) is 66.5 Å². The lowest BCUT2D eigenvalue weighted by atomic mass is 9.88. The van der Waals surface area contributed by atoms with E-state index in [4.69, 9.17) is 14.5 Å². The Morgan fingerprint density at radius 3 is 2.14 bits per heavy atom. The molecule has 0 aromatic carbocycles. The summed E-state index contributed by atoms with van der Waals surface area (Å²) in [6.07, 6.45) is 3.74. The smallest absolute Gasteiger partial charge is 0.320 e. The lowest BCUT2D eigenvalue weighted by Gasteiger charge is -2.40. The normalized spacial score (nSPS) is 22.4. The molecule has 2 bridgehead atoms. The Morgan fingerprint density at radius 2 is 1.50 bits per heavy atom. The highest BCUT2D eigenvalue weighted by atomic mass is 16.6. The fourth-order valence-electron chi connectivity index (χ4n) is 4.87. The number of rotatable bonds is 4. The summed E-state index contributed by atoms with van der Waals surface area (Å²) in [5.41, 5.74) is 0.419. The van der Waals surface area contributed by atoms with Crippen LogP contribution < -0.4 is 5.32 Å². The second-order valence-electron chi connectivity index (χ2n) is 11.9. The van der Waals surface area contributed by atoms with Crippen LogP contribution in [0.25, 0.3) is 0 Å². The first-order valence-electron chi connectivity index (χ1n) is 12.9. The van der Waals surface area contributed by atoms with E-state index in [9.17, 15) is 14.4 Å². The van der Waals surface area contributed by atoms with Gasteiger partial charge in [0.05, 0.1) is 31.0 Å². The summed E-state index contributed by atoms with van der Waals surface area (Å²) in [6.45, 7) is 12.0. The van der Waals surface area contributed by atoms with Gasteiger partial charge < -0.3 is 14.8 Å². The van der Waals surface area contributed by atoms with Crippen LogP contribution in [0.15, 0.2) is 18.2 Å². The van der Waals surface area contributed by atoms with Crippen LogP contribution in [-0.2, 0) is 36.9 Å². The summed E-state index contributed by atoms with van der Waals surface area (Å²) >= 11 is 0. The van der Waals surface area contributed by atoms with E-state index in [0.29, 0.717) is 13.1 Å². The van der Waals surface area contributed by atoms with Gasteiger partial charge >= 0.3 is 11.9 Å². The average Bonchev–Trinajstić information content (AvgIpc) is 2.70. The largest absolute Gasteiger partial charge is 0.459 e. The van der Waals surface area contributed by atoms with Crippen LogP contribution in [0.1, 0.15) is 78.6 Å². The van der Waals surface area contributed by atoms with Crippen LogP contribution in [0.3, 0.4) is 0 Å². The molecule has 2 heterocycles. The number of fused-ring (bicyclic) bond motifs is 3. The summed E-state index contributed by atoms with van der Waals surface area (Å²) in [5, 5.41) is 3.20. The summed E-state index contributed by atoms with van der Waals surface area (Å²) in [7, 11) is 0. The van der Waals surface area contributed by atoms with Crippen LogP contribution in [0.4, 0.5) is 0 Å². The molecule has 1 aliphatic carbocycles. The number of esters is 2. The van der Waals surface area contributed by atoms with Crippen LogP contribution >= 0.6 is 0 Å². The van der Waals surface area contributed by atoms with Gasteiger partial charge in [-0.1, -0.05) is 18.9 Å². The summed E-state index contributed by atoms with van der Waals surface area (Å²) in [5.74, 6) is -0.813. The molecule has 0 saturated heterocycles. The van der Waals surface area contributed by atoms with Crippen molar-refractivity contribution in [3.63, 3.8) is 0 Å². The maximum atomic E-state index is 13.1. The summed E-state index contributed by atoms with van der Waals surface area (Å²) < 4.78 is 11.1. The second-order valence-corrected chi connectivity index (χ2v) is 11.9. The number of amides is 1. The molecule has 0 radical (unpaired) electrons. The Morgan fingerprint density at radius 1 is 0.917 bits per heavy atom. The Labute approximate surface area is 214 Å². The summed E-state index contributed by atoms with van der Waals surface area (Å²) in [4.78, 5) is 47.2. The van der Waals surface area contributed by atoms with Crippen molar-refractivity contribution in [2.45, 2.75) is 104 Å². The third-order valence-corrected chi connectivity index (χ3v) is 6.05. The van der Waals surface area contributed by atoms with Crippen LogP contribution in [0, 0.1) is 0 Å². The third kappa shape index (κ3) is 9.17. The van der Waals surface area contributed by atoms with E-state index in [1.807, 2.05) is 59.7 Å². The highest BCUT2D eigenvalue weighted by Gasteiger charge is 2.34. The van der Waals surface area contributed by atoms with Gasteiger partial charge in [0.15, 0.2) is 0 Å². The minimum absolute atomic E-state index is 0.00450. The first-order chi connectivity index (χ1) is 16.8. The van der Waals surface area contributed by atoms with Crippen molar-refractivity contribution in [3.05, 3.63) is 29.6 Å². The standard InChI is InChI=1S/C27H42N4O5/c1-26(2,3)35-24(33)17-30-14-19-10-9-11-20(28-19)15-31(18-25(34)36-27(4,5)6)22-13-8-7-12-21(22)29-23(32)16-30/h9-11,21-22H,7-8,12-18H2,1-6H3,(H,29,32)/t21-,22-/m1/s1. The third-order valence-electron chi connectivity index (χ3n) is 6.05. The zero-order valence-corrected chi connectivity index (χ0v) is 22.6. The molecule has 1 aliphatic heterocycles. The van der Waals surface area contributed by atoms with Crippen LogP contribution in [0.5, 0.6) is 0 Å². The molecule has 9 nitrogen and oxygen atoms in total. The quantitative estimate of drug-likeness (QED) is 0.628. The molecule has 9 heteroatoms. The van der Waals surface area contributed by atoms with Crippen molar-refractivity contribution in [1.82, 2.24) is 20.1 Å². The van der Waals surface area contributed by atoms with Crippen molar-refractivity contribution in [1.29, 1.82) is 0 Å². The molecule has 1 amide bonds. The SMILES string of the molecule is CC(C)(C)OC(=O)CN1CC(=O)N[C@@H]2CCCC[C@H]2N(CC(=O)OC(C)(C)C)Cc2cccc(n2)C1. The minimum atomic E-state index is -0.600. The molecular weight excluding hydrogens is 460 g/mol. The predicted octanol–water partition coefficient (Wildman–Crippen LogP) is 2.81. The molecule has 2 atom stereocenters. The first kappa shape index (κ1) is 28.1. The molecular formula is C27H42N4O5. The number of ether oxygens (including phenoxy) is 2. The van der Waals surface area contributed by atoms with E-state index in [1.165, 1.54) is 0 Å². The van der Waals surface area contributed by atoms with Gasteiger partial charge in [0.2, 0.25) is 5.91 Å². The number of hydrogen-bond donors (Lipinski definition) is 1. The van der Waals surface area contributed by atoms with Gasteiger partial charge in [-0.3, -0.25) is 29.2 Å². The van der Waals surface area contributed by atoms with Crippen molar-refractivity contribution >= 4 is 17.8 Å². The maximum absolute atomic E-state index is 13.1. The second kappa shape index (κ2) is 11.7. The molecule has 1 N–H and O–H groups in total. The molecule has 0 unspecified atom stereocenters. The molecule has 1 aromatic heterocycles. The van der Waals surface area contributed by atoms with E-state index < -0.39 is 11.2 Å². The van der Waals surface area contributed by atoms with Crippen LogP contribution in [0.2, 0.25) is 0 Å². The number of nitrogens with one attached hydrogen (secondary N) is 1. The first-order valence-corrected chi connectivity index (χ1v) is 12.9. The van der Waals surface area contributed by atoms with Gasteiger partial charge in [0, 0.05) is 25.2 Å². The molecule has 1 aromatic rings. The van der Waals surface area contributed by atoms with E-state index in [-0.39, 0.29) is 49.6 Å². The lowest BCUT2D eigenvalue weighted by molar-refractivity contribution is -0.157. The minimum Gasteiger partial charge on any atom is -0.459 e. The van der Waals surface area contributed by atoms with Crippen molar-refractivity contribution in [2.24, 2.45) is 0 Å². The molecule has 1 fully saturated rings. The average molecular weight is 503 g/mol. The lowest BCUT2D eigenvalue weighted by Crippen LogP contribution is -2.56. The number of aromatic nitrogens is 1. The Kier molecular flexibility index (Phi) is 9.11. The van der Waals surface area contributed by atoms with Crippen molar-refractivity contribution < 1.29 is 23.9 Å². The molecule has 0 spiro atoms. The Balaban J connectivity index is 1.87. The fraction of sp³-hybridized carbons (Fsp3) is 0.704. The van der Waals surface area contributed by atoms with Crippen LogP contribution in [-0.4, -0.2) is 75.5 Å². The highest BCUT2D eigenvalue weighted by Crippen LogP contribution is 2.26. The molecule has 1 saturated carbocycles. The van der Waals surface area contributed by atoms with Crippen molar-refractivity contribution in [3.8, 4) is 0 Å². The summed E-state index contributed by atoms with van der Waals surface area (Å²) in [6, 6.07) is 5.65. The number of pyridine rings is 1. The van der Waals surface area contributed by atoms with E-state index in [2.05, 4.69) is 10.2 Å². The number of carbonyl (C=O) groups is 3. The van der Waals surface area contributed by atoms with Gasteiger partial charge in [-0.25, -0.2) is 0 Å². The molecule has 200 valence electrons. The number of nitrogens with zero attached hydrogens (tertiary/aromatic N) is 3. The predicted molar refractivity (Wildman–Crippen MR) is 136 cm³/mol. The van der Waals surface area contributed by atoms with Gasteiger partial charge in [0.1, 0.15) is 11.2 Å². The zero-order chi connectivity index (χ0) is 26.5. The van der Waals surface area contributed by atoms with Gasteiger partial charge in [0.25, 0.3) is 0 Å². The van der Waals surface area contributed by atoms with E-state index in [0.717, 1.165) is 37.1 Å². The monoisotopic (exact) mass is 502 g/mol. The van der Waals surface area contributed by atoms with Gasteiger partial charge in [-0.15, -0.1) is 0 Å². The maximum Gasteiger partial charge on any atom is 0.320 e. The molecule has 3 rings (SSSR count). The number of carbonyl (C=O) groups excluding carboxylic acids is 3. The highest BCUT2D eigenvalue weighted by molar-refractivity contribution is 5.79. The van der Waals surface area contributed by atoms with E-state index in [1.54, 1.807) is 4.90 Å². The van der Waals surface area contributed by atoms with Crippen molar-refractivity contribution in [2.75, 3.05) is 19.6 Å². The van der Waals surface area contributed by atoms with E-state index >= 15 is 0 Å². The number of hydrogen-bond acceptors (Lipinski definition) is 8. The Hall–Kier alpha value is -2.52. The topological polar surface area (TPSA) is 101 Å².